The maximum Gasteiger partial charge on any atom is 0.101 e. The first-order chi connectivity index (χ1) is 8.78. The minimum absolute atomic E-state index is 0.554. The molecule has 0 amide bonds. The quantitative estimate of drug-likeness (QED) is 0.843. The molecule has 0 saturated carbocycles. The monoisotopic (exact) mass is 261 g/mol. The molecule has 3 nitrogen and oxygen atoms in total. The summed E-state index contributed by atoms with van der Waals surface area (Å²) in [5.41, 5.74) is 1.70. The molecule has 1 aromatic rings. The summed E-state index contributed by atoms with van der Waals surface area (Å²) in [6, 6.07) is 7.84. The lowest BCUT2D eigenvalue weighted by atomic mass is 9.88. The van der Waals surface area contributed by atoms with E-state index in [9.17, 15) is 0 Å². The summed E-state index contributed by atoms with van der Waals surface area (Å²) in [6.07, 6.45) is 1.25. The predicted octanol–water partition coefficient (Wildman–Crippen LogP) is 2.26. The number of hydrogen-bond acceptors (Lipinski definition) is 3. The third-order valence-electron chi connectivity index (χ3n) is 4.14. The third kappa shape index (κ3) is 2.07. The van der Waals surface area contributed by atoms with Crippen LogP contribution in [0.25, 0.3) is 0 Å². The Labute approximate surface area is 112 Å². The minimum atomic E-state index is 0.554. The van der Waals surface area contributed by atoms with Gasteiger partial charge in [0.25, 0.3) is 0 Å². The van der Waals surface area contributed by atoms with Crippen LogP contribution in [0.4, 0.5) is 5.69 Å². The molecule has 2 saturated heterocycles. The summed E-state index contributed by atoms with van der Waals surface area (Å²) < 4.78 is 0. The number of benzene rings is 1. The molecule has 2 aliphatic heterocycles. The van der Waals surface area contributed by atoms with E-state index in [-0.39, 0.29) is 0 Å². The van der Waals surface area contributed by atoms with Crippen LogP contribution in [-0.2, 0) is 0 Å². The maximum absolute atomic E-state index is 8.89. The Morgan fingerprint density at radius 3 is 2.94 bits per heavy atom. The molecule has 2 heterocycles. The van der Waals surface area contributed by atoms with Gasteiger partial charge in [-0.15, -0.1) is 0 Å². The second-order valence-corrected chi connectivity index (χ2v) is 5.60. The molecule has 0 aromatic heterocycles. The molecular formula is C14H16ClN3. The number of halogens is 1. The number of fused-ring (bicyclic) bond motifs is 1. The van der Waals surface area contributed by atoms with Gasteiger partial charge >= 0.3 is 0 Å². The highest BCUT2D eigenvalue weighted by molar-refractivity contribution is 6.32. The molecular weight excluding hydrogens is 246 g/mol. The summed E-state index contributed by atoms with van der Waals surface area (Å²) in [6.45, 7) is 4.49. The van der Waals surface area contributed by atoms with E-state index in [4.69, 9.17) is 16.9 Å². The van der Waals surface area contributed by atoms with E-state index in [2.05, 4.69) is 16.3 Å². The lowest BCUT2D eigenvalue weighted by molar-refractivity contribution is 0.349. The highest BCUT2D eigenvalue weighted by Gasteiger charge is 2.32. The zero-order valence-corrected chi connectivity index (χ0v) is 11.0. The van der Waals surface area contributed by atoms with Crippen molar-refractivity contribution in [2.45, 2.75) is 6.42 Å². The molecule has 2 atom stereocenters. The van der Waals surface area contributed by atoms with Gasteiger partial charge in [-0.3, -0.25) is 0 Å². The van der Waals surface area contributed by atoms with E-state index in [0.717, 1.165) is 37.2 Å². The molecule has 2 fully saturated rings. The number of piperidine rings is 1. The Bertz CT molecular complexity index is 494. The first-order valence-corrected chi connectivity index (χ1v) is 6.81. The summed E-state index contributed by atoms with van der Waals surface area (Å²) in [5, 5.41) is 12.9. The van der Waals surface area contributed by atoms with Crippen LogP contribution in [-0.4, -0.2) is 26.2 Å². The molecule has 2 aliphatic rings. The highest BCUT2D eigenvalue weighted by Crippen LogP contribution is 2.31. The van der Waals surface area contributed by atoms with Crippen LogP contribution in [0, 0.1) is 23.2 Å². The number of anilines is 1. The molecule has 0 bridgehead atoms. The summed E-state index contributed by atoms with van der Waals surface area (Å²) in [7, 11) is 0. The largest absolute Gasteiger partial charge is 0.371 e. The van der Waals surface area contributed by atoms with Crippen molar-refractivity contribution in [1.29, 1.82) is 5.26 Å². The van der Waals surface area contributed by atoms with E-state index < -0.39 is 0 Å². The number of nitrogens with zero attached hydrogens (tertiary/aromatic N) is 2. The third-order valence-corrected chi connectivity index (χ3v) is 4.46. The topological polar surface area (TPSA) is 39.1 Å². The van der Waals surface area contributed by atoms with Crippen molar-refractivity contribution in [2.24, 2.45) is 11.8 Å². The molecule has 2 unspecified atom stereocenters. The first kappa shape index (κ1) is 11.8. The molecule has 4 heteroatoms. The lowest BCUT2D eigenvalue weighted by Crippen LogP contribution is -2.40. The van der Waals surface area contributed by atoms with Crippen LogP contribution >= 0.6 is 11.6 Å². The van der Waals surface area contributed by atoms with E-state index in [1.807, 2.05) is 18.2 Å². The summed E-state index contributed by atoms with van der Waals surface area (Å²) >= 11 is 6.10. The summed E-state index contributed by atoms with van der Waals surface area (Å²) in [4.78, 5) is 2.39. The van der Waals surface area contributed by atoms with Crippen molar-refractivity contribution in [3.63, 3.8) is 0 Å². The van der Waals surface area contributed by atoms with Gasteiger partial charge in [-0.05, 0) is 49.5 Å². The van der Waals surface area contributed by atoms with Gasteiger partial charge in [0.05, 0.1) is 10.6 Å². The molecule has 1 N–H and O–H groups in total. The van der Waals surface area contributed by atoms with Gasteiger partial charge in [0, 0.05) is 18.8 Å². The SMILES string of the molecule is N#Cc1ccc(N2CCC3CNCC3C2)cc1Cl. The fourth-order valence-electron chi connectivity index (χ4n) is 3.06. The molecule has 18 heavy (non-hydrogen) atoms. The van der Waals surface area contributed by atoms with Crippen molar-refractivity contribution in [2.75, 3.05) is 31.1 Å². The Balaban J connectivity index is 1.79. The smallest absolute Gasteiger partial charge is 0.101 e. The van der Waals surface area contributed by atoms with Crippen molar-refractivity contribution in [3.8, 4) is 6.07 Å². The Hall–Kier alpha value is -1.24. The van der Waals surface area contributed by atoms with E-state index >= 15 is 0 Å². The zero-order chi connectivity index (χ0) is 12.5. The molecule has 0 spiro atoms. The molecule has 94 valence electrons. The Morgan fingerprint density at radius 2 is 2.17 bits per heavy atom. The standard InChI is InChI=1S/C14H16ClN3/c15-14-5-13(2-1-10(14)6-16)18-4-3-11-7-17-8-12(11)9-18/h1-2,5,11-12,17H,3-4,7-9H2. The molecule has 0 aliphatic carbocycles. The number of nitriles is 1. The molecule has 0 radical (unpaired) electrons. The van der Waals surface area contributed by atoms with Crippen LogP contribution in [0.15, 0.2) is 18.2 Å². The van der Waals surface area contributed by atoms with Gasteiger partial charge in [0.1, 0.15) is 6.07 Å². The van der Waals surface area contributed by atoms with Crippen LogP contribution in [0.3, 0.4) is 0 Å². The minimum Gasteiger partial charge on any atom is -0.371 e. The Morgan fingerprint density at radius 1 is 1.33 bits per heavy atom. The van der Waals surface area contributed by atoms with Crippen molar-refractivity contribution in [1.82, 2.24) is 5.32 Å². The van der Waals surface area contributed by atoms with Crippen LogP contribution in [0.2, 0.25) is 5.02 Å². The Kier molecular flexibility index (Phi) is 3.15. The van der Waals surface area contributed by atoms with Crippen molar-refractivity contribution >= 4 is 17.3 Å². The second kappa shape index (κ2) is 4.79. The second-order valence-electron chi connectivity index (χ2n) is 5.19. The first-order valence-electron chi connectivity index (χ1n) is 6.43. The fraction of sp³-hybridized carbons (Fsp3) is 0.500. The van der Waals surface area contributed by atoms with E-state index in [0.29, 0.717) is 10.6 Å². The van der Waals surface area contributed by atoms with Gasteiger partial charge in [0.2, 0.25) is 0 Å². The lowest BCUT2D eigenvalue weighted by Gasteiger charge is -2.36. The van der Waals surface area contributed by atoms with Crippen molar-refractivity contribution in [3.05, 3.63) is 28.8 Å². The highest BCUT2D eigenvalue weighted by atomic mass is 35.5. The fourth-order valence-corrected chi connectivity index (χ4v) is 3.28. The van der Waals surface area contributed by atoms with Gasteiger partial charge in [-0.2, -0.15) is 5.26 Å². The van der Waals surface area contributed by atoms with E-state index in [1.54, 1.807) is 0 Å². The van der Waals surface area contributed by atoms with Gasteiger partial charge in [-0.25, -0.2) is 0 Å². The predicted molar refractivity (Wildman–Crippen MR) is 72.8 cm³/mol. The maximum atomic E-state index is 8.89. The van der Waals surface area contributed by atoms with Crippen LogP contribution in [0.1, 0.15) is 12.0 Å². The number of rotatable bonds is 1. The van der Waals surface area contributed by atoms with Crippen molar-refractivity contribution < 1.29 is 0 Å². The van der Waals surface area contributed by atoms with Crippen LogP contribution in [0.5, 0.6) is 0 Å². The molecule has 3 rings (SSSR count). The number of nitrogens with one attached hydrogen (secondary N) is 1. The van der Waals surface area contributed by atoms with Crippen LogP contribution < -0.4 is 10.2 Å². The van der Waals surface area contributed by atoms with E-state index in [1.165, 1.54) is 13.0 Å². The summed E-state index contributed by atoms with van der Waals surface area (Å²) in [5.74, 6) is 1.60. The normalized spacial score (nSPS) is 26.8. The van der Waals surface area contributed by atoms with Gasteiger partial charge < -0.3 is 10.2 Å². The zero-order valence-electron chi connectivity index (χ0n) is 10.2. The van der Waals surface area contributed by atoms with Gasteiger partial charge in [-0.1, -0.05) is 11.6 Å². The van der Waals surface area contributed by atoms with Gasteiger partial charge in [0.15, 0.2) is 0 Å². The average molecular weight is 262 g/mol. The number of hydrogen-bond donors (Lipinski definition) is 1. The molecule has 1 aromatic carbocycles. The average Bonchev–Trinajstić information content (AvgIpc) is 2.85.